The van der Waals surface area contributed by atoms with Crippen molar-refractivity contribution in [2.75, 3.05) is 6.61 Å². The van der Waals surface area contributed by atoms with E-state index in [9.17, 15) is 5.11 Å². The fourth-order valence-electron chi connectivity index (χ4n) is 0.961. The monoisotopic (exact) mass is 174 g/mol. The summed E-state index contributed by atoms with van der Waals surface area (Å²) in [4.78, 5) is 0. The molecule has 12 heavy (non-hydrogen) atoms. The van der Waals surface area contributed by atoms with Gasteiger partial charge in [-0.1, -0.05) is 11.6 Å². The molecule has 0 saturated heterocycles. The number of hydrogen-bond acceptors (Lipinski definition) is 3. The van der Waals surface area contributed by atoms with Crippen LogP contribution >= 0.6 is 0 Å². The van der Waals surface area contributed by atoms with Crippen molar-refractivity contribution in [3.63, 3.8) is 0 Å². The molecule has 0 heterocycles. The van der Waals surface area contributed by atoms with Gasteiger partial charge in [-0.3, -0.25) is 0 Å². The molecular weight excluding hydrogens is 156 g/mol. The van der Waals surface area contributed by atoms with Crippen LogP contribution in [0.15, 0.2) is 11.6 Å². The smallest absolute Gasteiger partial charge is 0.0795 e. The minimum atomic E-state index is -0.801. The fraction of sp³-hybridized carbons (Fsp3) is 0.778. The Morgan fingerprint density at radius 2 is 1.92 bits per heavy atom. The van der Waals surface area contributed by atoms with Crippen LogP contribution in [-0.2, 0) is 0 Å². The molecule has 0 aromatic rings. The van der Waals surface area contributed by atoms with Gasteiger partial charge in [0.25, 0.3) is 0 Å². The molecule has 2 atom stereocenters. The van der Waals surface area contributed by atoms with Gasteiger partial charge < -0.3 is 15.3 Å². The Morgan fingerprint density at radius 3 is 2.33 bits per heavy atom. The third kappa shape index (κ3) is 5.29. The summed E-state index contributed by atoms with van der Waals surface area (Å²) in [5, 5.41) is 26.8. The normalized spacial score (nSPS) is 17.6. The SMILES string of the molecule is C/C=C(\C)C[C@@H](O)C[C@H](O)CO. The average molecular weight is 174 g/mol. The topological polar surface area (TPSA) is 60.7 Å². The lowest BCUT2D eigenvalue weighted by atomic mass is 10.0. The molecule has 3 N–H and O–H groups in total. The molecule has 3 heteroatoms. The molecule has 0 aromatic heterocycles. The van der Waals surface area contributed by atoms with Gasteiger partial charge in [-0.25, -0.2) is 0 Å². The predicted molar refractivity (Wildman–Crippen MR) is 47.8 cm³/mol. The number of rotatable bonds is 5. The van der Waals surface area contributed by atoms with Crippen molar-refractivity contribution < 1.29 is 15.3 Å². The second-order valence-corrected chi connectivity index (χ2v) is 3.07. The van der Waals surface area contributed by atoms with E-state index in [-0.39, 0.29) is 13.0 Å². The molecule has 0 amide bonds. The van der Waals surface area contributed by atoms with Gasteiger partial charge in [-0.2, -0.15) is 0 Å². The quantitative estimate of drug-likeness (QED) is 0.530. The lowest BCUT2D eigenvalue weighted by molar-refractivity contribution is 0.0420. The lowest BCUT2D eigenvalue weighted by Crippen LogP contribution is -2.20. The van der Waals surface area contributed by atoms with Crippen molar-refractivity contribution in [2.24, 2.45) is 0 Å². The van der Waals surface area contributed by atoms with Gasteiger partial charge in [-0.05, 0) is 20.3 Å². The Hall–Kier alpha value is -0.380. The first-order chi connectivity index (χ1) is 5.60. The second kappa shape index (κ2) is 6.17. The van der Waals surface area contributed by atoms with E-state index in [1.165, 1.54) is 0 Å². The highest BCUT2D eigenvalue weighted by Crippen LogP contribution is 2.09. The zero-order chi connectivity index (χ0) is 9.56. The van der Waals surface area contributed by atoms with Crippen LogP contribution in [0.25, 0.3) is 0 Å². The highest BCUT2D eigenvalue weighted by Gasteiger charge is 2.10. The van der Waals surface area contributed by atoms with Gasteiger partial charge in [0, 0.05) is 6.42 Å². The predicted octanol–water partition coefficient (Wildman–Crippen LogP) is 0.447. The number of allylic oxidation sites excluding steroid dienone is 1. The Labute approximate surface area is 73.4 Å². The molecule has 0 unspecified atom stereocenters. The summed E-state index contributed by atoms with van der Waals surface area (Å²) in [6.07, 6.45) is 1.37. The maximum absolute atomic E-state index is 9.34. The number of aliphatic hydroxyl groups excluding tert-OH is 3. The number of hydrogen-bond donors (Lipinski definition) is 3. The van der Waals surface area contributed by atoms with E-state index in [2.05, 4.69) is 0 Å². The van der Waals surface area contributed by atoms with Gasteiger partial charge in [0.2, 0.25) is 0 Å². The summed E-state index contributed by atoms with van der Waals surface area (Å²) < 4.78 is 0. The van der Waals surface area contributed by atoms with E-state index in [1.807, 2.05) is 19.9 Å². The van der Waals surface area contributed by atoms with Crippen LogP contribution < -0.4 is 0 Å². The summed E-state index contributed by atoms with van der Waals surface area (Å²) in [6, 6.07) is 0. The third-order valence-corrected chi connectivity index (χ3v) is 1.81. The zero-order valence-electron chi connectivity index (χ0n) is 7.70. The zero-order valence-corrected chi connectivity index (χ0v) is 7.70. The van der Waals surface area contributed by atoms with Gasteiger partial charge >= 0.3 is 0 Å². The molecule has 0 spiro atoms. The van der Waals surface area contributed by atoms with Crippen molar-refractivity contribution in [1.29, 1.82) is 0 Å². The van der Waals surface area contributed by atoms with Gasteiger partial charge in [0.15, 0.2) is 0 Å². The molecule has 0 radical (unpaired) electrons. The Balaban J connectivity index is 3.66. The van der Waals surface area contributed by atoms with Crippen molar-refractivity contribution in [3.05, 3.63) is 11.6 Å². The Bertz CT molecular complexity index is 143. The lowest BCUT2D eigenvalue weighted by Gasteiger charge is -2.13. The third-order valence-electron chi connectivity index (χ3n) is 1.81. The first kappa shape index (κ1) is 11.6. The maximum atomic E-state index is 9.34. The summed E-state index contributed by atoms with van der Waals surface area (Å²) in [5.74, 6) is 0. The molecular formula is C9H18O3. The van der Waals surface area contributed by atoms with Crippen LogP contribution in [0.2, 0.25) is 0 Å². The van der Waals surface area contributed by atoms with Gasteiger partial charge in [0.1, 0.15) is 0 Å². The number of aliphatic hydroxyl groups is 3. The molecule has 0 fully saturated rings. The summed E-state index contributed by atoms with van der Waals surface area (Å²) >= 11 is 0. The Kier molecular flexibility index (Phi) is 5.98. The largest absolute Gasteiger partial charge is 0.394 e. The van der Waals surface area contributed by atoms with E-state index in [0.29, 0.717) is 6.42 Å². The molecule has 0 aliphatic carbocycles. The Morgan fingerprint density at radius 1 is 1.33 bits per heavy atom. The molecule has 0 aliphatic heterocycles. The molecule has 0 aromatic carbocycles. The van der Waals surface area contributed by atoms with E-state index >= 15 is 0 Å². The van der Waals surface area contributed by atoms with Crippen molar-refractivity contribution in [3.8, 4) is 0 Å². The van der Waals surface area contributed by atoms with Crippen LogP contribution in [0.4, 0.5) is 0 Å². The van der Waals surface area contributed by atoms with Gasteiger partial charge in [0.05, 0.1) is 18.8 Å². The summed E-state index contributed by atoms with van der Waals surface area (Å²) in [6.45, 7) is 3.55. The van der Waals surface area contributed by atoms with Crippen LogP contribution in [0, 0.1) is 0 Å². The van der Waals surface area contributed by atoms with E-state index < -0.39 is 12.2 Å². The van der Waals surface area contributed by atoms with Crippen molar-refractivity contribution >= 4 is 0 Å². The van der Waals surface area contributed by atoms with Crippen LogP contribution in [-0.4, -0.2) is 34.1 Å². The summed E-state index contributed by atoms with van der Waals surface area (Å²) in [7, 11) is 0. The van der Waals surface area contributed by atoms with Crippen molar-refractivity contribution in [1.82, 2.24) is 0 Å². The second-order valence-electron chi connectivity index (χ2n) is 3.07. The highest BCUT2D eigenvalue weighted by atomic mass is 16.3. The van der Waals surface area contributed by atoms with Crippen LogP contribution in [0.5, 0.6) is 0 Å². The maximum Gasteiger partial charge on any atom is 0.0795 e. The first-order valence-electron chi connectivity index (χ1n) is 4.19. The van der Waals surface area contributed by atoms with E-state index in [1.54, 1.807) is 0 Å². The molecule has 0 bridgehead atoms. The van der Waals surface area contributed by atoms with Crippen molar-refractivity contribution in [2.45, 2.75) is 38.9 Å². The standard InChI is InChI=1S/C9H18O3/c1-3-7(2)4-8(11)5-9(12)6-10/h3,8-12H,4-6H2,1-2H3/b7-3+/t8-,9+/m1/s1. The van der Waals surface area contributed by atoms with E-state index in [0.717, 1.165) is 5.57 Å². The minimum Gasteiger partial charge on any atom is -0.394 e. The minimum absolute atomic E-state index is 0.238. The van der Waals surface area contributed by atoms with Gasteiger partial charge in [-0.15, -0.1) is 0 Å². The van der Waals surface area contributed by atoms with Crippen LogP contribution in [0.1, 0.15) is 26.7 Å². The average Bonchev–Trinajstić information content (AvgIpc) is 2.03. The molecule has 72 valence electrons. The molecule has 0 rings (SSSR count). The van der Waals surface area contributed by atoms with Crippen LogP contribution in [0.3, 0.4) is 0 Å². The summed E-state index contributed by atoms with van der Waals surface area (Å²) in [5.41, 5.74) is 1.09. The molecule has 0 aliphatic rings. The molecule has 3 nitrogen and oxygen atoms in total. The first-order valence-corrected chi connectivity index (χ1v) is 4.19. The van der Waals surface area contributed by atoms with E-state index in [4.69, 9.17) is 10.2 Å². The highest BCUT2D eigenvalue weighted by molar-refractivity contribution is 4.97. The molecule has 0 saturated carbocycles. The fourth-order valence-corrected chi connectivity index (χ4v) is 0.961.